The molecule has 1 fully saturated rings. The number of sulfonamides is 1. The van der Waals surface area contributed by atoms with Crippen molar-refractivity contribution in [1.82, 2.24) is 9.29 Å². The van der Waals surface area contributed by atoms with E-state index in [0.717, 1.165) is 16.6 Å². The van der Waals surface area contributed by atoms with E-state index in [4.69, 9.17) is 0 Å². The maximum absolute atomic E-state index is 12.8. The van der Waals surface area contributed by atoms with E-state index in [2.05, 4.69) is 4.98 Å². The third kappa shape index (κ3) is 2.74. The van der Waals surface area contributed by atoms with Gasteiger partial charge in [0.1, 0.15) is 4.90 Å². The SMILES string of the molecule is CCN(C1CC1)S(=O)(=O)c1cccnc1C(F)(F)F. The molecule has 0 unspecified atom stereocenters. The second-order valence-electron chi connectivity index (χ2n) is 4.29. The van der Waals surface area contributed by atoms with E-state index < -0.39 is 26.8 Å². The Kier molecular flexibility index (Phi) is 3.57. The molecule has 8 heteroatoms. The fourth-order valence-electron chi connectivity index (χ4n) is 1.92. The lowest BCUT2D eigenvalue weighted by molar-refractivity contribution is -0.143. The molecule has 0 aliphatic heterocycles. The number of nitrogens with zero attached hydrogens (tertiary/aromatic N) is 2. The highest BCUT2D eigenvalue weighted by atomic mass is 32.2. The van der Waals surface area contributed by atoms with E-state index in [1.165, 1.54) is 6.07 Å². The van der Waals surface area contributed by atoms with E-state index in [1.54, 1.807) is 6.92 Å². The van der Waals surface area contributed by atoms with Gasteiger partial charge in [0, 0.05) is 18.8 Å². The Morgan fingerprint density at radius 3 is 2.53 bits per heavy atom. The lowest BCUT2D eigenvalue weighted by Crippen LogP contribution is -2.34. The van der Waals surface area contributed by atoms with Gasteiger partial charge in [0.05, 0.1) is 0 Å². The van der Waals surface area contributed by atoms with E-state index in [-0.39, 0.29) is 12.6 Å². The summed E-state index contributed by atoms with van der Waals surface area (Å²) < 4.78 is 64.2. The maximum atomic E-state index is 12.8. The van der Waals surface area contributed by atoms with E-state index in [1.807, 2.05) is 0 Å². The molecule has 0 bridgehead atoms. The standard InChI is InChI=1S/C11H13F3N2O2S/c1-2-16(8-5-6-8)19(17,18)9-4-3-7-15-10(9)11(12,13)14/h3-4,7-8H,2,5-6H2,1H3. The molecule has 0 amide bonds. The number of pyridine rings is 1. The van der Waals surface area contributed by atoms with Gasteiger partial charge in [-0.15, -0.1) is 0 Å². The van der Waals surface area contributed by atoms with Crippen LogP contribution in [0.4, 0.5) is 13.2 Å². The van der Waals surface area contributed by atoms with Gasteiger partial charge < -0.3 is 0 Å². The Morgan fingerprint density at radius 1 is 1.42 bits per heavy atom. The Bertz CT molecular complexity index is 568. The number of aromatic nitrogens is 1. The summed E-state index contributed by atoms with van der Waals surface area (Å²) in [6.45, 7) is 1.76. The minimum Gasteiger partial charge on any atom is -0.250 e. The van der Waals surface area contributed by atoms with Gasteiger partial charge in [0.15, 0.2) is 5.69 Å². The van der Waals surface area contributed by atoms with Crippen LogP contribution < -0.4 is 0 Å². The maximum Gasteiger partial charge on any atom is 0.434 e. The number of hydrogen-bond acceptors (Lipinski definition) is 3. The van der Waals surface area contributed by atoms with Crippen LogP contribution in [0.15, 0.2) is 23.2 Å². The number of rotatable bonds is 4. The van der Waals surface area contributed by atoms with Crippen LogP contribution in [0.2, 0.25) is 0 Å². The van der Waals surface area contributed by atoms with E-state index in [9.17, 15) is 21.6 Å². The van der Waals surface area contributed by atoms with Crippen LogP contribution in [0.25, 0.3) is 0 Å². The molecular weight excluding hydrogens is 281 g/mol. The highest BCUT2D eigenvalue weighted by Gasteiger charge is 2.43. The van der Waals surface area contributed by atoms with E-state index in [0.29, 0.717) is 12.8 Å². The quantitative estimate of drug-likeness (QED) is 0.856. The minimum atomic E-state index is -4.79. The highest BCUT2D eigenvalue weighted by Crippen LogP contribution is 2.36. The molecule has 1 saturated carbocycles. The number of alkyl halides is 3. The van der Waals surface area contributed by atoms with Crippen LogP contribution in [0.5, 0.6) is 0 Å². The third-order valence-corrected chi connectivity index (χ3v) is 4.95. The van der Waals surface area contributed by atoms with Crippen molar-refractivity contribution >= 4 is 10.0 Å². The zero-order chi connectivity index (χ0) is 14.3. The summed E-state index contributed by atoms with van der Waals surface area (Å²) in [5.41, 5.74) is -1.35. The summed E-state index contributed by atoms with van der Waals surface area (Å²) in [5, 5.41) is 0. The predicted octanol–water partition coefficient (Wildman–Crippen LogP) is 2.27. The first kappa shape index (κ1) is 14.3. The Hall–Kier alpha value is -1.15. The van der Waals surface area contributed by atoms with E-state index >= 15 is 0 Å². The molecule has 106 valence electrons. The summed E-state index contributed by atoms with van der Waals surface area (Å²) in [4.78, 5) is 2.41. The number of halogens is 3. The Labute approximate surface area is 109 Å². The molecule has 0 atom stereocenters. The van der Waals surface area contributed by atoms with Gasteiger partial charge in [-0.3, -0.25) is 4.98 Å². The zero-order valence-electron chi connectivity index (χ0n) is 10.2. The van der Waals surface area contributed by atoms with Crippen molar-refractivity contribution in [3.63, 3.8) is 0 Å². The van der Waals surface area contributed by atoms with Crippen LogP contribution in [-0.2, 0) is 16.2 Å². The summed E-state index contributed by atoms with van der Waals surface area (Å²) in [5.74, 6) is 0. The average Bonchev–Trinajstić information content (AvgIpc) is 3.13. The summed E-state index contributed by atoms with van der Waals surface area (Å²) in [7, 11) is -4.15. The molecule has 1 aromatic rings. The second-order valence-corrected chi connectivity index (χ2v) is 6.15. The number of hydrogen-bond donors (Lipinski definition) is 0. The van der Waals surface area contributed by atoms with Crippen molar-refractivity contribution in [2.75, 3.05) is 6.54 Å². The molecule has 0 N–H and O–H groups in total. The Balaban J connectivity index is 2.51. The fraction of sp³-hybridized carbons (Fsp3) is 0.545. The first-order valence-electron chi connectivity index (χ1n) is 5.82. The first-order valence-corrected chi connectivity index (χ1v) is 7.26. The smallest absolute Gasteiger partial charge is 0.250 e. The fourth-order valence-corrected chi connectivity index (χ4v) is 3.78. The topological polar surface area (TPSA) is 50.3 Å². The largest absolute Gasteiger partial charge is 0.434 e. The van der Waals surface area contributed by atoms with Crippen LogP contribution in [0.3, 0.4) is 0 Å². The minimum absolute atomic E-state index is 0.152. The average molecular weight is 294 g/mol. The van der Waals surface area contributed by atoms with Crippen LogP contribution in [0.1, 0.15) is 25.5 Å². The molecule has 1 aliphatic carbocycles. The van der Waals surface area contributed by atoms with Crippen molar-refractivity contribution in [2.24, 2.45) is 0 Å². The van der Waals surface area contributed by atoms with Gasteiger partial charge in [-0.2, -0.15) is 17.5 Å². The van der Waals surface area contributed by atoms with Crippen molar-refractivity contribution in [2.45, 2.75) is 36.9 Å². The van der Waals surface area contributed by atoms with Crippen molar-refractivity contribution in [1.29, 1.82) is 0 Å². The van der Waals surface area contributed by atoms with Gasteiger partial charge >= 0.3 is 6.18 Å². The van der Waals surface area contributed by atoms with Crippen molar-refractivity contribution in [3.8, 4) is 0 Å². The summed E-state index contributed by atoms with van der Waals surface area (Å²) in [6.07, 6.45) is -2.47. The molecule has 1 aliphatic rings. The molecule has 0 saturated heterocycles. The molecule has 1 heterocycles. The highest BCUT2D eigenvalue weighted by molar-refractivity contribution is 7.89. The molecule has 4 nitrogen and oxygen atoms in total. The first-order chi connectivity index (χ1) is 8.78. The molecule has 2 rings (SSSR count). The van der Waals surface area contributed by atoms with Gasteiger partial charge in [-0.25, -0.2) is 8.42 Å². The summed E-state index contributed by atoms with van der Waals surface area (Å²) in [6, 6.07) is 1.97. The van der Waals surface area contributed by atoms with Crippen LogP contribution in [-0.4, -0.2) is 30.3 Å². The third-order valence-electron chi connectivity index (χ3n) is 2.89. The van der Waals surface area contributed by atoms with Gasteiger partial charge in [0.2, 0.25) is 10.0 Å². The van der Waals surface area contributed by atoms with Gasteiger partial charge in [-0.1, -0.05) is 6.92 Å². The lowest BCUT2D eigenvalue weighted by Gasteiger charge is -2.21. The molecule has 0 radical (unpaired) electrons. The Morgan fingerprint density at radius 2 is 2.05 bits per heavy atom. The lowest BCUT2D eigenvalue weighted by atomic mass is 10.3. The molecule has 0 aromatic carbocycles. The molecular formula is C11H13F3N2O2S. The normalized spacial score (nSPS) is 16.9. The van der Waals surface area contributed by atoms with Crippen LogP contribution in [0, 0.1) is 0 Å². The molecule has 1 aromatic heterocycles. The molecule has 0 spiro atoms. The van der Waals surface area contributed by atoms with Crippen LogP contribution >= 0.6 is 0 Å². The molecule has 19 heavy (non-hydrogen) atoms. The summed E-state index contributed by atoms with van der Waals surface area (Å²) >= 11 is 0. The monoisotopic (exact) mass is 294 g/mol. The predicted molar refractivity (Wildman–Crippen MR) is 61.8 cm³/mol. The van der Waals surface area contributed by atoms with Gasteiger partial charge in [0.25, 0.3) is 0 Å². The second kappa shape index (κ2) is 4.75. The van der Waals surface area contributed by atoms with Gasteiger partial charge in [-0.05, 0) is 25.0 Å². The zero-order valence-corrected chi connectivity index (χ0v) is 11.0. The van der Waals surface area contributed by atoms with Crippen molar-refractivity contribution in [3.05, 3.63) is 24.0 Å². The van der Waals surface area contributed by atoms with Crippen molar-refractivity contribution < 1.29 is 21.6 Å².